The summed E-state index contributed by atoms with van der Waals surface area (Å²) in [6.45, 7) is 2.92. The van der Waals surface area contributed by atoms with Crippen LogP contribution in [0.5, 0.6) is 0 Å². The Morgan fingerprint density at radius 2 is 1.31 bits per heavy atom. The number of fused-ring (bicyclic) bond motifs is 1. The van der Waals surface area contributed by atoms with Gasteiger partial charge in [-0.25, -0.2) is 4.98 Å². The molecule has 0 spiro atoms. The summed E-state index contributed by atoms with van der Waals surface area (Å²) in [7, 11) is 0. The van der Waals surface area contributed by atoms with Gasteiger partial charge in [0.1, 0.15) is 5.82 Å². The first-order valence-electron chi connectivity index (χ1n) is 11.1. The maximum Gasteiger partial charge on any atom is 0.223 e. The minimum Gasteiger partial charge on any atom is -0.352 e. The maximum atomic E-state index is 13.3. The predicted octanol–water partition coefficient (Wildman–Crippen LogP) is 4.50. The molecule has 160 valence electrons. The molecular formula is C27H26N4O. The second-order valence-corrected chi connectivity index (χ2v) is 8.16. The molecule has 1 saturated heterocycles. The van der Waals surface area contributed by atoms with Crippen molar-refractivity contribution >= 4 is 22.8 Å². The zero-order chi connectivity index (χ0) is 21.8. The van der Waals surface area contributed by atoms with Crippen molar-refractivity contribution in [3.8, 4) is 0 Å². The van der Waals surface area contributed by atoms with E-state index in [2.05, 4.69) is 34.1 Å². The van der Waals surface area contributed by atoms with Gasteiger partial charge in [0.05, 0.1) is 17.2 Å². The first-order chi connectivity index (χ1) is 15.8. The SMILES string of the molecule is O=C(CC(c1ccccc1)c1ccccc1)N1CCN(c2cnc3ccccc3n2)CC1. The Bertz CT molecular complexity index is 1150. The smallest absolute Gasteiger partial charge is 0.223 e. The van der Waals surface area contributed by atoms with E-state index in [1.54, 1.807) is 0 Å². The third kappa shape index (κ3) is 4.33. The van der Waals surface area contributed by atoms with Crippen LogP contribution < -0.4 is 4.90 Å². The van der Waals surface area contributed by atoms with Crippen LogP contribution in [0.2, 0.25) is 0 Å². The molecule has 1 amide bonds. The third-order valence-corrected chi connectivity index (χ3v) is 6.17. The predicted molar refractivity (Wildman–Crippen MR) is 128 cm³/mol. The highest BCUT2D eigenvalue weighted by atomic mass is 16.2. The van der Waals surface area contributed by atoms with E-state index < -0.39 is 0 Å². The van der Waals surface area contributed by atoms with Crippen LogP contribution in [0, 0.1) is 0 Å². The molecule has 0 N–H and O–H groups in total. The zero-order valence-electron chi connectivity index (χ0n) is 18.0. The van der Waals surface area contributed by atoms with Crippen LogP contribution in [0.4, 0.5) is 5.82 Å². The van der Waals surface area contributed by atoms with Crippen LogP contribution in [-0.4, -0.2) is 47.0 Å². The van der Waals surface area contributed by atoms with E-state index in [1.807, 2.05) is 71.8 Å². The van der Waals surface area contributed by atoms with Gasteiger partial charge in [-0.15, -0.1) is 0 Å². The van der Waals surface area contributed by atoms with Gasteiger partial charge >= 0.3 is 0 Å². The molecule has 0 radical (unpaired) electrons. The Balaban J connectivity index is 1.27. The molecule has 1 aliphatic rings. The highest BCUT2D eigenvalue weighted by Gasteiger charge is 2.25. The number of aromatic nitrogens is 2. The van der Waals surface area contributed by atoms with E-state index >= 15 is 0 Å². The number of nitrogens with zero attached hydrogens (tertiary/aromatic N) is 4. The molecule has 5 nitrogen and oxygen atoms in total. The summed E-state index contributed by atoms with van der Waals surface area (Å²) in [4.78, 5) is 26.7. The largest absolute Gasteiger partial charge is 0.352 e. The first-order valence-corrected chi connectivity index (χ1v) is 11.1. The Labute approximate surface area is 188 Å². The average molecular weight is 423 g/mol. The Morgan fingerprint density at radius 3 is 1.94 bits per heavy atom. The quantitative estimate of drug-likeness (QED) is 0.475. The molecule has 5 rings (SSSR count). The van der Waals surface area contributed by atoms with Crippen molar-refractivity contribution in [1.82, 2.24) is 14.9 Å². The number of rotatable bonds is 5. The Morgan fingerprint density at radius 1 is 0.750 bits per heavy atom. The van der Waals surface area contributed by atoms with Gasteiger partial charge < -0.3 is 9.80 Å². The number of hydrogen-bond donors (Lipinski definition) is 0. The van der Waals surface area contributed by atoms with Crippen molar-refractivity contribution in [3.63, 3.8) is 0 Å². The lowest BCUT2D eigenvalue weighted by molar-refractivity contribution is -0.131. The molecule has 1 aliphatic heterocycles. The fourth-order valence-electron chi connectivity index (χ4n) is 4.39. The van der Waals surface area contributed by atoms with Gasteiger partial charge in [0.25, 0.3) is 0 Å². The second kappa shape index (κ2) is 9.18. The van der Waals surface area contributed by atoms with Gasteiger partial charge in [-0.3, -0.25) is 9.78 Å². The maximum absolute atomic E-state index is 13.3. The number of hydrogen-bond acceptors (Lipinski definition) is 4. The van der Waals surface area contributed by atoms with E-state index in [9.17, 15) is 4.79 Å². The van der Waals surface area contributed by atoms with Crippen molar-refractivity contribution in [1.29, 1.82) is 0 Å². The Hall–Kier alpha value is -3.73. The number of benzene rings is 3. The van der Waals surface area contributed by atoms with Gasteiger partial charge in [0.2, 0.25) is 5.91 Å². The topological polar surface area (TPSA) is 49.3 Å². The summed E-state index contributed by atoms with van der Waals surface area (Å²) in [5.41, 5.74) is 4.16. The minimum absolute atomic E-state index is 0.0642. The van der Waals surface area contributed by atoms with Gasteiger partial charge in [-0.05, 0) is 23.3 Å². The van der Waals surface area contributed by atoms with Crippen LogP contribution in [0.15, 0.2) is 91.1 Å². The van der Waals surface area contributed by atoms with Gasteiger partial charge in [-0.2, -0.15) is 0 Å². The highest BCUT2D eigenvalue weighted by molar-refractivity contribution is 5.78. The molecule has 1 aromatic heterocycles. The molecule has 0 saturated carbocycles. The molecule has 0 aliphatic carbocycles. The number of carbonyl (C=O) groups is 1. The summed E-state index contributed by atoms with van der Waals surface area (Å²) in [6, 6.07) is 28.6. The first kappa shape index (κ1) is 20.2. The van der Waals surface area contributed by atoms with Gasteiger partial charge in [0, 0.05) is 38.5 Å². The number of para-hydroxylation sites is 2. The zero-order valence-corrected chi connectivity index (χ0v) is 18.0. The van der Waals surface area contributed by atoms with Crippen LogP contribution in [-0.2, 0) is 4.79 Å². The molecule has 3 aromatic carbocycles. The van der Waals surface area contributed by atoms with Crippen molar-refractivity contribution in [3.05, 3.63) is 102 Å². The van der Waals surface area contributed by atoms with Gasteiger partial charge in [0.15, 0.2) is 0 Å². The third-order valence-electron chi connectivity index (χ3n) is 6.17. The van der Waals surface area contributed by atoms with Crippen LogP contribution in [0.1, 0.15) is 23.5 Å². The van der Waals surface area contributed by atoms with E-state index in [1.165, 1.54) is 11.1 Å². The van der Waals surface area contributed by atoms with E-state index in [0.29, 0.717) is 19.5 Å². The molecule has 0 bridgehead atoms. The summed E-state index contributed by atoms with van der Waals surface area (Å²) >= 11 is 0. The molecule has 1 fully saturated rings. The Kier molecular flexibility index (Phi) is 5.79. The van der Waals surface area contributed by atoms with E-state index in [0.717, 1.165) is 29.9 Å². The van der Waals surface area contributed by atoms with Gasteiger partial charge in [-0.1, -0.05) is 72.8 Å². The summed E-state index contributed by atoms with van der Waals surface area (Å²) in [6.07, 6.45) is 2.31. The van der Waals surface area contributed by atoms with Crippen molar-refractivity contribution < 1.29 is 4.79 Å². The highest BCUT2D eigenvalue weighted by Crippen LogP contribution is 2.29. The lowest BCUT2D eigenvalue weighted by Gasteiger charge is -2.36. The molecule has 2 heterocycles. The lowest BCUT2D eigenvalue weighted by atomic mass is 9.88. The minimum atomic E-state index is 0.0642. The van der Waals surface area contributed by atoms with E-state index in [-0.39, 0.29) is 11.8 Å². The fraction of sp³-hybridized carbons (Fsp3) is 0.222. The second-order valence-electron chi connectivity index (χ2n) is 8.16. The number of carbonyl (C=O) groups excluding carboxylic acids is 1. The summed E-state index contributed by atoms with van der Waals surface area (Å²) in [5, 5.41) is 0. The normalized spacial score (nSPS) is 14.2. The van der Waals surface area contributed by atoms with Crippen LogP contribution in [0.3, 0.4) is 0 Å². The summed E-state index contributed by atoms with van der Waals surface area (Å²) in [5.74, 6) is 1.14. The molecule has 0 unspecified atom stereocenters. The fourth-order valence-corrected chi connectivity index (χ4v) is 4.39. The van der Waals surface area contributed by atoms with Crippen LogP contribution >= 0.6 is 0 Å². The number of anilines is 1. The summed E-state index contributed by atoms with van der Waals surface area (Å²) < 4.78 is 0. The number of amides is 1. The van der Waals surface area contributed by atoms with Crippen molar-refractivity contribution in [2.75, 3.05) is 31.1 Å². The molecule has 32 heavy (non-hydrogen) atoms. The van der Waals surface area contributed by atoms with E-state index in [4.69, 9.17) is 4.98 Å². The molecule has 4 aromatic rings. The standard InChI is InChI=1S/C27H26N4O/c32-27(19-23(21-9-3-1-4-10-21)22-11-5-2-6-12-22)31-17-15-30(16-18-31)26-20-28-24-13-7-8-14-25(24)29-26/h1-14,20,23H,15-19H2. The molecule has 5 heteroatoms. The van der Waals surface area contributed by atoms with Crippen molar-refractivity contribution in [2.24, 2.45) is 0 Å². The van der Waals surface area contributed by atoms with Crippen molar-refractivity contribution in [2.45, 2.75) is 12.3 Å². The monoisotopic (exact) mass is 422 g/mol. The van der Waals surface area contributed by atoms with Crippen LogP contribution in [0.25, 0.3) is 11.0 Å². The lowest BCUT2D eigenvalue weighted by Crippen LogP contribution is -2.49. The molecular weight excluding hydrogens is 396 g/mol. The molecule has 0 atom stereocenters. The number of piperazine rings is 1. The average Bonchev–Trinajstić information content (AvgIpc) is 2.88.